The zero-order valence-electron chi connectivity index (χ0n) is 16.4. The summed E-state index contributed by atoms with van der Waals surface area (Å²) >= 11 is 1.48. The number of nitrogens with zero attached hydrogens (tertiary/aromatic N) is 4. The largest absolute Gasteiger partial charge is 0.345 e. The number of amides is 1. The Kier molecular flexibility index (Phi) is 10.9. The van der Waals surface area contributed by atoms with Crippen molar-refractivity contribution in [3.05, 3.63) is 5.82 Å². The number of hydrogen-bond acceptors (Lipinski definition) is 6. The zero-order valence-corrected chi connectivity index (χ0v) is 18.8. The van der Waals surface area contributed by atoms with Gasteiger partial charge in [0.05, 0.1) is 0 Å². The summed E-state index contributed by atoms with van der Waals surface area (Å²) in [4.78, 5) is 21.7. The van der Waals surface area contributed by atoms with Gasteiger partial charge >= 0.3 is 0 Å². The number of carbonyl (C=O) groups is 1. The molecule has 0 aliphatic carbocycles. The lowest BCUT2D eigenvalue weighted by Crippen LogP contribution is -2.37. The summed E-state index contributed by atoms with van der Waals surface area (Å²) < 4.78 is 4.39. The Morgan fingerprint density at radius 2 is 1.96 bits per heavy atom. The molecule has 2 aliphatic heterocycles. The van der Waals surface area contributed by atoms with E-state index in [1.165, 1.54) is 24.4 Å². The molecule has 2 saturated heterocycles. The Hall–Kier alpha value is -0.630. The SMILES string of the molecule is CCc1nsc(N2CCCN(C(=O)CC(C)C3CCNCC3)CC2)n1.Cl.Cl. The second-order valence-electron chi connectivity index (χ2n) is 7.34. The number of rotatable bonds is 5. The van der Waals surface area contributed by atoms with Crippen LogP contribution < -0.4 is 10.2 Å². The quantitative estimate of drug-likeness (QED) is 0.766. The molecule has 1 amide bonds. The van der Waals surface area contributed by atoms with Crippen LogP contribution in [0.5, 0.6) is 0 Å². The van der Waals surface area contributed by atoms with Crippen LogP contribution in [0.1, 0.15) is 45.4 Å². The summed E-state index contributed by atoms with van der Waals surface area (Å²) in [6.45, 7) is 10.0. The summed E-state index contributed by atoms with van der Waals surface area (Å²) in [7, 11) is 0. The van der Waals surface area contributed by atoms with Crippen molar-refractivity contribution in [2.24, 2.45) is 11.8 Å². The molecule has 0 aromatic carbocycles. The van der Waals surface area contributed by atoms with Crippen LogP contribution in [0.25, 0.3) is 0 Å². The first kappa shape index (κ1) is 24.4. The van der Waals surface area contributed by atoms with E-state index in [2.05, 4.69) is 38.3 Å². The Morgan fingerprint density at radius 1 is 1.22 bits per heavy atom. The number of halogens is 2. The van der Waals surface area contributed by atoms with Crippen LogP contribution in [-0.4, -0.2) is 59.4 Å². The van der Waals surface area contributed by atoms with Crippen molar-refractivity contribution in [3.63, 3.8) is 0 Å². The number of aryl methyl sites for hydroxylation is 1. The Labute approximate surface area is 179 Å². The van der Waals surface area contributed by atoms with E-state index in [-0.39, 0.29) is 24.8 Å². The predicted molar refractivity (Wildman–Crippen MR) is 117 cm³/mol. The molecule has 156 valence electrons. The van der Waals surface area contributed by atoms with Crippen LogP contribution in [0.4, 0.5) is 5.13 Å². The van der Waals surface area contributed by atoms with Crippen molar-refractivity contribution in [1.29, 1.82) is 0 Å². The first-order valence-corrected chi connectivity index (χ1v) is 10.5. The first-order chi connectivity index (χ1) is 12.2. The Bertz CT molecular complexity index is 568. The third-order valence-corrected chi connectivity index (χ3v) is 6.39. The van der Waals surface area contributed by atoms with Gasteiger partial charge < -0.3 is 15.1 Å². The van der Waals surface area contributed by atoms with E-state index in [1.807, 2.05) is 0 Å². The summed E-state index contributed by atoms with van der Waals surface area (Å²) in [5, 5.41) is 4.42. The lowest BCUT2D eigenvalue weighted by atomic mass is 9.84. The lowest BCUT2D eigenvalue weighted by Gasteiger charge is -2.29. The predicted octanol–water partition coefficient (Wildman–Crippen LogP) is 3.01. The Morgan fingerprint density at radius 3 is 2.63 bits per heavy atom. The van der Waals surface area contributed by atoms with Gasteiger partial charge in [0.1, 0.15) is 5.82 Å². The zero-order chi connectivity index (χ0) is 17.6. The second-order valence-corrected chi connectivity index (χ2v) is 8.07. The minimum Gasteiger partial charge on any atom is -0.345 e. The van der Waals surface area contributed by atoms with Gasteiger partial charge in [-0.05, 0) is 44.2 Å². The van der Waals surface area contributed by atoms with Gasteiger partial charge in [0.15, 0.2) is 0 Å². The molecule has 0 spiro atoms. The van der Waals surface area contributed by atoms with Crippen molar-refractivity contribution < 1.29 is 4.79 Å². The second kappa shape index (κ2) is 12.0. The van der Waals surface area contributed by atoms with Gasteiger partial charge in [-0.2, -0.15) is 4.37 Å². The van der Waals surface area contributed by atoms with Crippen molar-refractivity contribution in [3.8, 4) is 0 Å². The Balaban J connectivity index is 0.00000182. The third-order valence-electron chi connectivity index (χ3n) is 5.58. The van der Waals surface area contributed by atoms with Gasteiger partial charge in [-0.25, -0.2) is 4.98 Å². The normalized spacial score (nSPS) is 19.6. The minimum absolute atomic E-state index is 0. The molecule has 2 fully saturated rings. The van der Waals surface area contributed by atoms with E-state index in [0.717, 1.165) is 63.1 Å². The molecule has 27 heavy (non-hydrogen) atoms. The molecule has 3 rings (SSSR count). The number of hydrogen-bond donors (Lipinski definition) is 1. The van der Waals surface area contributed by atoms with Gasteiger partial charge in [0.25, 0.3) is 0 Å². The molecule has 1 unspecified atom stereocenters. The van der Waals surface area contributed by atoms with Crippen molar-refractivity contribution in [1.82, 2.24) is 19.6 Å². The highest BCUT2D eigenvalue weighted by Gasteiger charge is 2.26. The fraction of sp³-hybridized carbons (Fsp3) is 0.833. The topological polar surface area (TPSA) is 61.4 Å². The van der Waals surface area contributed by atoms with E-state index in [4.69, 9.17) is 0 Å². The lowest BCUT2D eigenvalue weighted by molar-refractivity contribution is -0.132. The van der Waals surface area contributed by atoms with E-state index < -0.39 is 0 Å². The molecule has 0 saturated carbocycles. The van der Waals surface area contributed by atoms with Crippen molar-refractivity contribution >= 4 is 47.4 Å². The molecule has 3 heterocycles. The van der Waals surface area contributed by atoms with Gasteiger partial charge in [0, 0.05) is 50.6 Å². The van der Waals surface area contributed by atoms with Crippen LogP contribution in [0.2, 0.25) is 0 Å². The highest BCUT2D eigenvalue weighted by molar-refractivity contribution is 7.09. The number of carbonyl (C=O) groups excluding carboxylic acids is 1. The summed E-state index contributed by atoms with van der Waals surface area (Å²) in [5.41, 5.74) is 0. The summed E-state index contributed by atoms with van der Waals surface area (Å²) in [5.74, 6) is 2.44. The van der Waals surface area contributed by atoms with Crippen molar-refractivity contribution in [2.75, 3.05) is 44.2 Å². The third kappa shape index (κ3) is 6.73. The summed E-state index contributed by atoms with van der Waals surface area (Å²) in [6, 6.07) is 0. The molecule has 0 radical (unpaired) electrons. The standard InChI is InChI=1S/C18H31N5OS.2ClH/c1-3-16-20-18(25-21-16)23-10-4-9-22(11-12-23)17(24)13-14(2)15-5-7-19-8-6-15;;/h14-15,19H,3-13H2,1-2H3;2*1H. The van der Waals surface area contributed by atoms with Crippen LogP contribution >= 0.6 is 36.3 Å². The van der Waals surface area contributed by atoms with E-state index >= 15 is 0 Å². The number of aromatic nitrogens is 2. The maximum absolute atomic E-state index is 12.8. The van der Waals surface area contributed by atoms with Gasteiger partial charge in [0.2, 0.25) is 11.0 Å². The number of nitrogens with one attached hydrogen (secondary N) is 1. The maximum atomic E-state index is 12.8. The first-order valence-electron chi connectivity index (χ1n) is 9.73. The average Bonchev–Trinajstić information content (AvgIpc) is 2.99. The van der Waals surface area contributed by atoms with E-state index in [9.17, 15) is 4.79 Å². The molecule has 1 N–H and O–H groups in total. The minimum atomic E-state index is 0. The smallest absolute Gasteiger partial charge is 0.222 e. The fourth-order valence-corrected chi connectivity index (χ4v) is 4.66. The fourth-order valence-electron chi connectivity index (χ4n) is 3.86. The monoisotopic (exact) mass is 437 g/mol. The molecule has 6 nitrogen and oxygen atoms in total. The maximum Gasteiger partial charge on any atom is 0.222 e. The highest BCUT2D eigenvalue weighted by atomic mass is 35.5. The summed E-state index contributed by atoms with van der Waals surface area (Å²) in [6.07, 6.45) is 5.00. The number of anilines is 1. The van der Waals surface area contributed by atoms with Gasteiger partial charge in [-0.1, -0.05) is 13.8 Å². The van der Waals surface area contributed by atoms with Gasteiger partial charge in [-0.3, -0.25) is 4.79 Å². The van der Waals surface area contributed by atoms with Crippen LogP contribution in [0.15, 0.2) is 0 Å². The average molecular weight is 438 g/mol. The van der Waals surface area contributed by atoms with Crippen LogP contribution in [0.3, 0.4) is 0 Å². The molecule has 0 bridgehead atoms. The van der Waals surface area contributed by atoms with E-state index in [0.29, 0.717) is 24.2 Å². The van der Waals surface area contributed by atoms with Crippen LogP contribution in [0, 0.1) is 11.8 Å². The molecule has 1 aromatic heterocycles. The van der Waals surface area contributed by atoms with Crippen molar-refractivity contribution in [2.45, 2.75) is 46.0 Å². The number of piperidine rings is 1. The van der Waals surface area contributed by atoms with Gasteiger partial charge in [-0.15, -0.1) is 24.8 Å². The molecule has 1 aromatic rings. The molecular weight excluding hydrogens is 405 g/mol. The molecule has 9 heteroatoms. The molecule has 1 atom stereocenters. The van der Waals surface area contributed by atoms with Crippen LogP contribution in [-0.2, 0) is 11.2 Å². The molecular formula is C18H33Cl2N5OS. The molecule has 2 aliphatic rings. The van der Waals surface area contributed by atoms with E-state index in [1.54, 1.807) is 0 Å². The highest BCUT2D eigenvalue weighted by Crippen LogP contribution is 2.25.